The average Bonchev–Trinajstić information content (AvgIpc) is 2.61. The van der Waals surface area contributed by atoms with Crippen LogP contribution in [-0.2, 0) is 0 Å². The van der Waals surface area contributed by atoms with Crippen LogP contribution in [0.25, 0.3) is 0 Å². The second-order valence-corrected chi connectivity index (χ2v) is 6.40. The molecule has 2 aromatic rings. The van der Waals surface area contributed by atoms with Gasteiger partial charge in [-0.1, -0.05) is 12.5 Å². The van der Waals surface area contributed by atoms with Gasteiger partial charge in [0.05, 0.1) is 0 Å². The van der Waals surface area contributed by atoms with E-state index in [0.717, 1.165) is 37.8 Å². The van der Waals surface area contributed by atoms with Crippen LogP contribution in [0.4, 0.5) is 11.6 Å². The average molecular weight is 320 g/mol. The number of rotatable bonds is 3. The topological polar surface area (TPSA) is 68.9 Å². The van der Waals surface area contributed by atoms with Crippen LogP contribution < -0.4 is 9.80 Å². The van der Waals surface area contributed by atoms with E-state index in [-0.39, 0.29) is 0 Å². The molecule has 0 atom stereocenters. The molecule has 0 unspecified atom stereocenters. The third-order valence-electron chi connectivity index (χ3n) is 4.97. The molecule has 6 heteroatoms. The molecular weight excluding hydrogens is 300 g/mol. The van der Waals surface area contributed by atoms with Crippen molar-refractivity contribution in [2.24, 2.45) is 0 Å². The van der Waals surface area contributed by atoms with Gasteiger partial charge in [-0.15, -0.1) is 0 Å². The number of nitriles is 1. The van der Waals surface area contributed by atoms with E-state index in [2.05, 4.69) is 36.9 Å². The molecule has 0 radical (unpaired) electrons. The maximum Gasteiger partial charge on any atom is 0.142 e. The van der Waals surface area contributed by atoms with Crippen molar-refractivity contribution in [2.45, 2.75) is 25.2 Å². The lowest BCUT2D eigenvalue weighted by atomic mass is 9.83. The normalized spacial score (nSPS) is 18.1. The molecule has 3 heterocycles. The summed E-state index contributed by atoms with van der Waals surface area (Å²) in [6.07, 6.45) is 5.53. The van der Waals surface area contributed by atoms with Gasteiger partial charge in [0, 0.05) is 43.9 Å². The molecule has 122 valence electrons. The number of hydrogen-bond acceptors (Lipinski definition) is 6. The summed E-state index contributed by atoms with van der Waals surface area (Å²) in [7, 11) is 0. The van der Waals surface area contributed by atoms with Crippen molar-refractivity contribution in [3.05, 3.63) is 42.0 Å². The van der Waals surface area contributed by atoms with Gasteiger partial charge in [-0.3, -0.25) is 0 Å². The number of hydrogen-bond donors (Lipinski definition) is 0. The largest absolute Gasteiger partial charge is 0.353 e. The molecule has 0 aromatic carbocycles. The van der Waals surface area contributed by atoms with E-state index in [4.69, 9.17) is 5.26 Å². The molecule has 1 saturated carbocycles. The first-order valence-corrected chi connectivity index (χ1v) is 8.52. The molecule has 4 rings (SSSR count). The number of anilines is 2. The van der Waals surface area contributed by atoms with Gasteiger partial charge in [0.15, 0.2) is 0 Å². The fraction of sp³-hybridized carbons (Fsp3) is 0.444. The summed E-state index contributed by atoms with van der Waals surface area (Å²) in [5.74, 6) is 2.54. The first kappa shape index (κ1) is 14.9. The number of aromatic nitrogens is 3. The maximum absolute atomic E-state index is 8.99. The molecule has 1 saturated heterocycles. The van der Waals surface area contributed by atoms with Gasteiger partial charge >= 0.3 is 0 Å². The van der Waals surface area contributed by atoms with Crippen molar-refractivity contribution in [3.8, 4) is 6.07 Å². The van der Waals surface area contributed by atoms with E-state index in [9.17, 15) is 0 Å². The second-order valence-electron chi connectivity index (χ2n) is 6.40. The SMILES string of the molecule is N#Cc1cccc(N2CCN(c3cc(C4CCC4)ncn3)CC2)n1. The van der Waals surface area contributed by atoms with Crippen LogP contribution in [0, 0.1) is 11.3 Å². The standard InChI is InChI=1S/C18H20N6/c19-12-15-5-2-6-17(22-15)23-7-9-24(10-8-23)18-11-16(20-13-21-18)14-3-1-4-14/h2,5-6,11,13-14H,1,3-4,7-10H2. The Balaban J connectivity index is 1.43. The molecule has 0 N–H and O–H groups in total. The van der Waals surface area contributed by atoms with Gasteiger partial charge < -0.3 is 9.80 Å². The first-order chi connectivity index (χ1) is 11.8. The van der Waals surface area contributed by atoms with E-state index < -0.39 is 0 Å². The van der Waals surface area contributed by atoms with E-state index in [0.29, 0.717) is 11.6 Å². The van der Waals surface area contributed by atoms with Crippen LogP contribution in [0.15, 0.2) is 30.6 Å². The Kier molecular flexibility index (Phi) is 3.99. The predicted octanol–water partition coefficient (Wildman–Crippen LogP) is 2.34. The maximum atomic E-state index is 8.99. The summed E-state index contributed by atoms with van der Waals surface area (Å²) in [5, 5.41) is 8.99. The summed E-state index contributed by atoms with van der Waals surface area (Å²) in [4.78, 5) is 17.8. The van der Waals surface area contributed by atoms with Crippen LogP contribution >= 0.6 is 0 Å². The fourth-order valence-electron chi connectivity index (χ4n) is 3.29. The van der Waals surface area contributed by atoms with E-state index in [1.807, 2.05) is 12.1 Å². The Bertz CT molecular complexity index is 756. The number of pyridine rings is 1. The molecule has 0 bridgehead atoms. The van der Waals surface area contributed by atoms with Crippen molar-refractivity contribution in [3.63, 3.8) is 0 Å². The van der Waals surface area contributed by atoms with Crippen LogP contribution in [0.1, 0.15) is 36.6 Å². The molecule has 6 nitrogen and oxygen atoms in total. The quantitative estimate of drug-likeness (QED) is 0.864. The minimum absolute atomic E-state index is 0.468. The van der Waals surface area contributed by atoms with E-state index in [1.165, 1.54) is 25.0 Å². The second kappa shape index (κ2) is 6.44. The van der Waals surface area contributed by atoms with Crippen LogP contribution in [0.5, 0.6) is 0 Å². The highest BCUT2D eigenvalue weighted by Gasteiger charge is 2.23. The zero-order chi connectivity index (χ0) is 16.4. The molecule has 0 spiro atoms. The molecule has 2 fully saturated rings. The third-order valence-corrected chi connectivity index (χ3v) is 4.97. The summed E-state index contributed by atoms with van der Waals surface area (Å²) in [6, 6.07) is 9.86. The molecule has 0 amide bonds. The minimum atomic E-state index is 0.468. The molecule has 1 aliphatic heterocycles. The highest BCUT2D eigenvalue weighted by atomic mass is 15.3. The molecular formula is C18H20N6. The number of piperazine rings is 1. The van der Waals surface area contributed by atoms with Crippen LogP contribution in [0.3, 0.4) is 0 Å². The van der Waals surface area contributed by atoms with Gasteiger partial charge in [0.25, 0.3) is 0 Å². The monoisotopic (exact) mass is 320 g/mol. The zero-order valence-corrected chi connectivity index (χ0v) is 13.6. The van der Waals surface area contributed by atoms with Gasteiger partial charge in [0.2, 0.25) is 0 Å². The Hall–Kier alpha value is -2.68. The van der Waals surface area contributed by atoms with E-state index >= 15 is 0 Å². The summed E-state index contributed by atoms with van der Waals surface area (Å²) >= 11 is 0. The minimum Gasteiger partial charge on any atom is -0.353 e. The molecule has 24 heavy (non-hydrogen) atoms. The van der Waals surface area contributed by atoms with Crippen LogP contribution in [-0.4, -0.2) is 41.1 Å². The van der Waals surface area contributed by atoms with E-state index in [1.54, 1.807) is 12.4 Å². The third kappa shape index (κ3) is 2.90. The number of nitrogens with zero attached hydrogens (tertiary/aromatic N) is 6. The van der Waals surface area contributed by atoms with Gasteiger partial charge in [-0.2, -0.15) is 5.26 Å². The summed E-state index contributed by atoms with van der Waals surface area (Å²) < 4.78 is 0. The smallest absolute Gasteiger partial charge is 0.142 e. The fourth-order valence-corrected chi connectivity index (χ4v) is 3.29. The predicted molar refractivity (Wildman–Crippen MR) is 92.0 cm³/mol. The van der Waals surface area contributed by atoms with Crippen LogP contribution in [0.2, 0.25) is 0 Å². The Labute approximate surface area is 141 Å². The Morgan fingerprint density at radius 1 is 1.00 bits per heavy atom. The lowest BCUT2D eigenvalue weighted by Crippen LogP contribution is -2.47. The highest BCUT2D eigenvalue weighted by molar-refractivity contribution is 5.46. The Morgan fingerprint density at radius 2 is 1.75 bits per heavy atom. The molecule has 2 aromatic heterocycles. The summed E-state index contributed by atoms with van der Waals surface area (Å²) in [6.45, 7) is 3.56. The van der Waals surface area contributed by atoms with Gasteiger partial charge in [-0.05, 0) is 25.0 Å². The molecule has 1 aliphatic carbocycles. The molecule has 2 aliphatic rings. The van der Waals surface area contributed by atoms with Crippen molar-refractivity contribution >= 4 is 11.6 Å². The van der Waals surface area contributed by atoms with Crippen molar-refractivity contribution in [1.29, 1.82) is 5.26 Å². The lowest BCUT2D eigenvalue weighted by Gasteiger charge is -2.36. The highest BCUT2D eigenvalue weighted by Crippen LogP contribution is 2.35. The summed E-state index contributed by atoms with van der Waals surface area (Å²) in [5.41, 5.74) is 1.66. The van der Waals surface area contributed by atoms with Crippen molar-refractivity contribution in [2.75, 3.05) is 36.0 Å². The van der Waals surface area contributed by atoms with Crippen molar-refractivity contribution in [1.82, 2.24) is 15.0 Å². The van der Waals surface area contributed by atoms with Gasteiger partial charge in [-0.25, -0.2) is 15.0 Å². The van der Waals surface area contributed by atoms with Crippen molar-refractivity contribution < 1.29 is 0 Å². The van der Waals surface area contributed by atoms with Gasteiger partial charge in [0.1, 0.15) is 29.7 Å². The first-order valence-electron chi connectivity index (χ1n) is 8.52. The Morgan fingerprint density at radius 3 is 2.42 bits per heavy atom. The lowest BCUT2D eigenvalue weighted by molar-refractivity contribution is 0.410. The zero-order valence-electron chi connectivity index (χ0n) is 13.6.